The van der Waals surface area contributed by atoms with Gasteiger partial charge in [0.1, 0.15) is 23.7 Å². The lowest BCUT2D eigenvalue weighted by atomic mass is 9.80. The molecule has 0 aliphatic rings. The van der Waals surface area contributed by atoms with Crippen molar-refractivity contribution in [1.82, 2.24) is 0 Å². The summed E-state index contributed by atoms with van der Waals surface area (Å²) >= 11 is 0. The van der Waals surface area contributed by atoms with Crippen LogP contribution >= 0.6 is 0 Å². The molecule has 0 radical (unpaired) electrons. The van der Waals surface area contributed by atoms with E-state index in [4.69, 9.17) is 14.2 Å². The fraction of sp³-hybridized carbons (Fsp3) is 0.217. The highest BCUT2D eigenvalue weighted by atomic mass is 19.4. The van der Waals surface area contributed by atoms with Gasteiger partial charge in [-0.05, 0) is 41.0 Å². The van der Waals surface area contributed by atoms with Gasteiger partial charge in [-0.25, -0.2) is 0 Å². The Morgan fingerprint density at radius 1 is 0.621 bits per heavy atom. The third-order valence-corrected chi connectivity index (χ3v) is 4.63. The summed E-state index contributed by atoms with van der Waals surface area (Å²) in [5, 5.41) is 0. The topological polar surface area (TPSA) is 27.7 Å². The molecule has 0 fully saturated rings. The van der Waals surface area contributed by atoms with Crippen molar-refractivity contribution in [3.8, 4) is 11.5 Å². The van der Waals surface area contributed by atoms with Gasteiger partial charge in [-0.15, -0.1) is 0 Å². The predicted octanol–water partition coefficient (Wildman–Crippen LogP) is 5.57. The summed E-state index contributed by atoms with van der Waals surface area (Å²) in [6.07, 6.45) is -4.49. The average molecular weight is 402 g/mol. The maximum Gasteiger partial charge on any atom is 0.411 e. The molecule has 0 N–H and O–H groups in total. The van der Waals surface area contributed by atoms with Crippen LogP contribution in [-0.4, -0.2) is 27.0 Å². The van der Waals surface area contributed by atoms with Gasteiger partial charge in [0, 0.05) is 0 Å². The van der Waals surface area contributed by atoms with Crippen LogP contribution in [0.15, 0.2) is 78.9 Å². The van der Waals surface area contributed by atoms with E-state index >= 15 is 0 Å². The molecule has 0 unspecified atom stereocenters. The number of halogens is 3. The molecular weight excluding hydrogens is 381 g/mol. The van der Waals surface area contributed by atoms with Crippen molar-refractivity contribution in [3.05, 3.63) is 95.6 Å². The molecule has 0 aliphatic carbocycles. The molecule has 3 rings (SSSR count). The Balaban J connectivity index is 2.24. The zero-order valence-corrected chi connectivity index (χ0v) is 16.1. The first kappa shape index (κ1) is 20.7. The molecule has 0 aromatic heterocycles. The monoisotopic (exact) mass is 402 g/mol. The van der Waals surface area contributed by atoms with Gasteiger partial charge in [0.2, 0.25) is 0 Å². The molecule has 3 aromatic rings. The third-order valence-electron chi connectivity index (χ3n) is 4.63. The van der Waals surface area contributed by atoms with E-state index in [1.807, 2.05) is 0 Å². The largest absolute Gasteiger partial charge is 0.497 e. The fourth-order valence-corrected chi connectivity index (χ4v) is 3.26. The SMILES string of the molecule is COc1ccc(C(OCC(F)(F)F)(c2ccccc2)c2ccc(OC)cc2)cc1. The second kappa shape index (κ2) is 8.57. The molecule has 152 valence electrons. The highest BCUT2D eigenvalue weighted by Gasteiger charge is 2.41. The summed E-state index contributed by atoms with van der Waals surface area (Å²) in [6.45, 7) is -1.40. The Labute approximate surface area is 167 Å². The zero-order chi connectivity index (χ0) is 20.9. The fourth-order valence-electron chi connectivity index (χ4n) is 3.26. The maximum absolute atomic E-state index is 13.2. The van der Waals surface area contributed by atoms with E-state index in [0.717, 1.165) is 0 Å². The predicted molar refractivity (Wildman–Crippen MR) is 104 cm³/mol. The second-order valence-corrected chi connectivity index (χ2v) is 6.41. The van der Waals surface area contributed by atoms with Crippen LogP contribution in [-0.2, 0) is 10.3 Å². The van der Waals surface area contributed by atoms with Crippen LogP contribution in [0.25, 0.3) is 0 Å². The van der Waals surface area contributed by atoms with Gasteiger partial charge in [-0.3, -0.25) is 0 Å². The van der Waals surface area contributed by atoms with Gasteiger partial charge in [-0.2, -0.15) is 13.2 Å². The van der Waals surface area contributed by atoms with Crippen molar-refractivity contribution in [2.45, 2.75) is 11.8 Å². The first-order valence-corrected chi connectivity index (χ1v) is 8.94. The minimum atomic E-state index is -4.49. The molecule has 0 spiro atoms. The van der Waals surface area contributed by atoms with Crippen molar-refractivity contribution in [1.29, 1.82) is 0 Å². The third kappa shape index (κ3) is 4.54. The van der Waals surface area contributed by atoms with Crippen LogP contribution in [0.1, 0.15) is 16.7 Å². The maximum atomic E-state index is 13.2. The highest BCUT2D eigenvalue weighted by Crippen LogP contribution is 2.42. The summed E-state index contributed by atoms with van der Waals surface area (Å²) in [5.74, 6) is 1.20. The molecule has 0 bridgehead atoms. The van der Waals surface area contributed by atoms with Crippen LogP contribution in [0.3, 0.4) is 0 Å². The number of methoxy groups -OCH3 is 2. The molecule has 0 aliphatic heterocycles. The summed E-state index contributed by atoms with van der Waals surface area (Å²) in [4.78, 5) is 0. The Hall–Kier alpha value is -2.99. The van der Waals surface area contributed by atoms with Gasteiger partial charge in [0.15, 0.2) is 0 Å². The summed E-state index contributed by atoms with van der Waals surface area (Å²) in [6, 6.07) is 22.5. The lowest BCUT2D eigenvalue weighted by molar-refractivity contribution is -0.194. The van der Waals surface area contributed by atoms with Gasteiger partial charge in [0.25, 0.3) is 0 Å². The van der Waals surface area contributed by atoms with E-state index in [1.165, 1.54) is 14.2 Å². The lowest BCUT2D eigenvalue weighted by Gasteiger charge is -2.36. The number of hydrogen-bond donors (Lipinski definition) is 0. The zero-order valence-electron chi connectivity index (χ0n) is 16.1. The first-order chi connectivity index (χ1) is 13.9. The van der Waals surface area contributed by atoms with E-state index in [1.54, 1.807) is 78.9 Å². The molecule has 0 saturated carbocycles. The number of benzene rings is 3. The van der Waals surface area contributed by atoms with Crippen LogP contribution in [0.2, 0.25) is 0 Å². The average Bonchev–Trinajstić information content (AvgIpc) is 2.75. The summed E-state index contributed by atoms with van der Waals surface area (Å²) in [5.41, 5.74) is 0.229. The van der Waals surface area contributed by atoms with Crippen LogP contribution in [0.5, 0.6) is 11.5 Å². The van der Waals surface area contributed by atoms with Crippen molar-refractivity contribution >= 4 is 0 Å². The van der Waals surface area contributed by atoms with Gasteiger partial charge in [-0.1, -0.05) is 54.6 Å². The van der Waals surface area contributed by atoms with E-state index in [0.29, 0.717) is 28.2 Å². The second-order valence-electron chi connectivity index (χ2n) is 6.41. The Morgan fingerprint density at radius 2 is 1.03 bits per heavy atom. The minimum Gasteiger partial charge on any atom is -0.497 e. The standard InChI is InChI=1S/C23H21F3O3/c1-27-20-12-8-18(9-13-20)23(29-16-22(24,25)26,17-6-4-3-5-7-17)19-10-14-21(28-2)15-11-19/h3-15H,16H2,1-2H3. The lowest BCUT2D eigenvalue weighted by Crippen LogP contribution is -2.36. The highest BCUT2D eigenvalue weighted by molar-refractivity contribution is 5.49. The van der Waals surface area contributed by atoms with Gasteiger partial charge < -0.3 is 14.2 Å². The normalized spacial score (nSPS) is 11.9. The molecule has 0 heterocycles. The molecule has 6 heteroatoms. The van der Waals surface area contributed by atoms with Crippen LogP contribution in [0, 0.1) is 0 Å². The van der Waals surface area contributed by atoms with E-state index in [-0.39, 0.29) is 0 Å². The molecule has 3 nitrogen and oxygen atoms in total. The van der Waals surface area contributed by atoms with E-state index in [2.05, 4.69) is 0 Å². The summed E-state index contributed by atoms with van der Waals surface area (Å²) < 4.78 is 55.7. The number of ether oxygens (including phenoxy) is 3. The Bertz CT molecular complexity index is 857. The van der Waals surface area contributed by atoms with Crippen molar-refractivity contribution in [2.24, 2.45) is 0 Å². The Morgan fingerprint density at radius 3 is 1.41 bits per heavy atom. The number of rotatable bonds is 7. The number of alkyl halides is 3. The molecule has 3 aromatic carbocycles. The van der Waals surface area contributed by atoms with Crippen LogP contribution < -0.4 is 9.47 Å². The first-order valence-electron chi connectivity index (χ1n) is 8.94. The molecule has 29 heavy (non-hydrogen) atoms. The molecule has 0 amide bonds. The summed E-state index contributed by atoms with van der Waals surface area (Å²) in [7, 11) is 3.06. The number of hydrogen-bond acceptors (Lipinski definition) is 3. The van der Waals surface area contributed by atoms with Gasteiger partial charge >= 0.3 is 6.18 Å². The van der Waals surface area contributed by atoms with E-state index in [9.17, 15) is 13.2 Å². The molecular formula is C23H21F3O3. The van der Waals surface area contributed by atoms with Crippen molar-refractivity contribution < 1.29 is 27.4 Å². The van der Waals surface area contributed by atoms with Crippen LogP contribution in [0.4, 0.5) is 13.2 Å². The van der Waals surface area contributed by atoms with Gasteiger partial charge in [0.05, 0.1) is 14.2 Å². The Kier molecular flexibility index (Phi) is 6.13. The van der Waals surface area contributed by atoms with E-state index < -0.39 is 18.4 Å². The quantitative estimate of drug-likeness (QED) is 0.483. The minimum absolute atomic E-state index is 0.555. The molecule has 0 saturated heterocycles. The van der Waals surface area contributed by atoms with Crippen molar-refractivity contribution in [2.75, 3.05) is 20.8 Å². The van der Waals surface area contributed by atoms with Crippen molar-refractivity contribution in [3.63, 3.8) is 0 Å². The molecule has 0 atom stereocenters. The smallest absolute Gasteiger partial charge is 0.411 e.